The van der Waals surface area contributed by atoms with Crippen LogP contribution in [-0.2, 0) is 17.9 Å². The molecule has 4 rings (SSSR count). The van der Waals surface area contributed by atoms with E-state index in [-0.39, 0.29) is 11.3 Å². The van der Waals surface area contributed by atoms with Gasteiger partial charge < -0.3 is 18.9 Å². The fraction of sp³-hybridized carbons (Fsp3) is 0.545. The molecule has 1 aromatic heterocycles. The number of carbonyl (C=O) groups excluding carboxylic acids is 1. The van der Waals surface area contributed by atoms with Gasteiger partial charge in [-0.2, -0.15) is 0 Å². The molecule has 0 radical (unpaired) electrons. The Hall–Kier alpha value is -2.54. The monoisotopic (exact) mass is 398 g/mol. The maximum atomic E-state index is 12.7. The van der Waals surface area contributed by atoms with Gasteiger partial charge in [0.2, 0.25) is 5.91 Å². The molecule has 29 heavy (non-hydrogen) atoms. The van der Waals surface area contributed by atoms with Crippen molar-refractivity contribution in [3.8, 4) is 11.5 Å². The number of rotatable bonds is 6. The number of benzene rings is 1. The molecule has 2 aliphatic rings. The van der Waals surface area contributed by atoms with Gasteiger partial charge in [-0.3, -0.25) is 9.69 Å². The van der Waals surface area contributed by atoms with Crippen molar-refractivity contribution in [2.75, 3.05) is 40.4 Å². The average molecular weight is 399 g/mol. The predicted molar refractivity (Wildman–Crippen MR) is 110 cm³/mol. The second-order valence-electron chi connectivity index (χ2n) is 8.27. The fourth-order valence-corrected chi connectivity index (χ4v) is 4.88. The first-order valence-electron chi connectivity index (χ1n) is 10.3. The van der Waals surface area contributed by atoms with Crippen molar-refractivity contribution in [2.45, 2.75) is 32.4 Å². The molecule has 2 saturated heterocycles. The minimum atomic E-state index is 0.187. The van der Waals surface area contributed by atoms with Crippen molar-refractivity contribution in [2.24, 2.45) is 5.41 Å². The molecule has 2 aromatic rings. The quantitative estimate of drug-likeness (QED) is 0.748. The van der Waals surface area contributed by atoms with Gasteiger partial charge in [0.05, 0.1) is 20.5 Å². The molecule has 1 atom stereocenters. The van der Waals surface area contributed by atoms with Crippen LogP contribution in [0, 0.1) is 5.41 Å². The summed E-state index contributed by atoms with van der Waals surface area (Å²) in [4.78, 5) is 21.3. The minimum Gasteiger partial charge on any atom is -0.493 e. The Balaban J connectivity index is 1.40. The van der Waals surface area contributed by atoms with Crippen molar-refractivity contribution in [1.82, 2.24) is 19.4 Å². The Morgan fingerprint density at radius 2 is 2.07 bits per heavy atom. The van der Waals surface area contributed by atoms with Gasteiger partial charge in [-0.1, -0.05) is 12.1 Å². The summed E-state index contributed by atoms with van der Waals surface area (Å²) in [6.45, 7) is 5.01. The summed E-state index contributed by atoms with van der Waals surface area (Å²) in [5.41, 5.74) is 1.35. The number of aromatic nitrogens is 2. The number of likely N-dealkylation sites (tertiary alicyclic amines) is 2. The Bertz CT molecular complexity index is 839. The molecule has 2 fully saturated rings. The Kier molecular flexibility index (Phi) is 5.76. The van der Waals surface area contributed by atoms with E-state index in [1.165, 1.54) is 6.42 Å². The summed E-state index contributed by atoms with van der Waals surface area (Å²) in [6, 6.07) is 6.06. The second kappa shape index (κ2) is 8.45. The number of piperidine rings is 1. The minimum absolute atomic E-state index is 0.187. The van der Waals surface area contributed by atoms with Crippen molar-refractivity contribution < 1.29 is 14.3 Å². The third-order valence-corrected chi connectivity index (χ3v) is 6.29. The first-order valence-corrected chi connectivity index (χ1v) is 10.3. The molecule has 1 amide bonds. The van der Waals surface area contributed by atoms with Crippen LogP contribution in [0.15, 0.2) is 36.9 Å². The number of methoxy groups -OCH3 is 2. The topological polar surface area (TPSA) is 59.8 Å². The van der Waals surface area contributed by atoms with Crippen LogP contribution in [0.25, 0.3) is 0 Å². The van der Waals surface area contributed by atoms with Gasteiger partial charge in [0.15, 0.2) is 11.5 Å². The van der Waals surface area contributed by atoms with Crippen LogP contribution in [0.2, 0.25) is 0 Å². The predicted octanol–water partition coefficient (Wildman–Crippen LogP) is 2.42. The maximum Gasteiger partial charge on any atom is 0.242 e. The molecular formula is C22H30N4O3. The van der Waals surface area contributed by atoms with E-state index in [1.807, 2.05) is 27.8 Å². The molecule has 156 valence electrons. The van der Waals surface area contributed by atoms with E-state index < -0.39 is 0 Å². The SMILES string of the molecule is COc1cccc(CN2CCC[C@]3(CCN(C(=O)Cn4ccnc4)C3)C2)c1OC. The smallest absolute Gasteiger partial charge is 0.242 e. The van der Waals surface area contributed by atoms with Gasteiger partial charge in [-0.25, -0.2) is 4.98 Å². The number of para-hydroxylation sites is 1. The van der Waals surface area contributed by atoms with Gasteiger partial charge in [-0.15, -0.1) is 0 Å². The molecule has 3 heterocycles. The van der Waals surface area contributed by atoms with Gasteiger partial charge >= 0.3 is 0 Å². The lowest BCUT2D eigenvalue weighted by molar-refractivity contribution is -0.131. The number of hydrogen-bond acceptors (Lipinski definition) is 5. The van der Waals surface area contributed by atoms with E-state index >= 15 is 0 Å². The molecule has 7 heteroatoms. The highest BCUT2D eigenvalue weighted by molar-refractivity contribution is 5.76. The molecule has 0 unspecified atom stereocenters. The van der Waals surface area contributed by atoms with E-state index in [0.717, 1.165) is 62.6 Å². The summed E-state index contributed by atoms with van der Waals surface area (Å²) in [6.07, 6.45) is 8.68. The molecule has 0 bridgehead atoms. The lowest BCUT2D eigenvalue weighted by Crippen LogP contribution is -2.45. The molecule has 0 N–H and O–H groups in total. The van der Waals surface area contributed by atoms with Crippen LogP contribution >= 0.6 is 0 Å². The van der Waals surface area contributed by atoms with Crippen LogP contribution < -0.4 is 9.47 Å². The van der Waals surface area contributed by atoms with E-state index in [0.29, 0.717) is 6.54 Å². The largest absolute Gasteiger partial charge is 0.493 e. The van der Waals surface area contributed by atoms with Crippen LogP contribution in [0.3, 0.4) is 0 Å². The zero-order valence-electron chi connectivity index (χ0n) is 17.3. The number of carbonyl (C=O) groups is 1. The zero-order chi connectivity index (χ0) is 20.3. The highest BCUT2D eigenvalue weighted by Gasteiger charge is 2.42. The molecule has 1 aromatic carbocycles. The highest BCUT2D eigenvalue weighted by atomic mass is 16.5. The normalized spacial score (nSPS) is 22.2. The fourth-order valence-electron chi connectivity index (χ4n) is 4.88. The summed E-state index contributed by atoms with van der Waals surface area (Å²) < 4.78 is 12.9. The van der Waals surface area contributed by atoms with Crippen LogP contribution in [-0.4, -0.2) is 65.7 Å². The average Bonchev–Trinajstić information content (AvgIpc) is 3.38. The highest BCUT2D eigenvalue weighted by Crippen LogP contribution is 2.40. The van der Waals surface area contributed by atoms with Gasteiger partial charge in [0.1, 0.15) is 6.54 Å². The maximum absolute atomic E-state index is 12.7. The van der Waals surface area contributed by atoms with Crippen molar-refractivity contribution in [1.29, 1.82) is 0 Å². The van der Waals surface area contributed by atoms with Gasteiger partial charge in [0.25, 0.3) is 0 Å². The number of nitrogens with zero attached hydrogens (tertiary/aromatic N) is 4. The zero-order valence-corrected chi connectivity index (χ0v) is 17.3. The first kappa shape index (κ1) is 19.8. The molecular weight excluding hydrogens is 368 g/mol. The van der Waals surface area contributed by atoms with Gasteiger partial charge in [0, 0.05) is 49.6 Å². The van der Waals surface area contributed by atoms with E-state index in [1.54, 1.807) is 26.7 Å². The van der Waals surface area contributed by atoms with Crippen LogP contribution in [0.4, 0.5) is 0 Å². The Labute approximate surface area is 172 Å². The second-order valence-corrected chi connectivity index (χ2v) is 8.27. The van der Waals surface area contributed by atoms with E-state index in [4.69, 9.17) is 9.47 Å². The lowest BCUT2D eigenvalue weighted by Gasteiger charge is -2.40. The third kappa shape index (κ3) is 4.24. The summed E-state index contributed by atoms with van der Waals surface area (Å²) in [5.74, 6) is 1.78. The lowest BCUT2D eigenvalue weighted by atomic mass is 9.79. The number of amides is 1. The van der Waals surface area contributed by atoms with Crippen LogP contribution in [0.5, 0.6) is 11.5 Å². The summed E-state index contributed by atoms with van der Waals surface area (Å²) >= 11 is 0. The molecule has 1 spiro atoms. The molecule has 0 aliphatic carbocycles. The van der Waals surface area contributed by atoms with Crippen LogP contribution in [0.1, 0.15) is 24.8 Å². The summed E-state index contributed by atoms with van der Waals surface area (Å²) in [5, 5.41) is 0. The van der Waals surface area contributed by atoms with Crippen molar-refractivity contribution in [3.63, 3.8) is 0 Å². The first-order chi connectivity index (χ1) is 14.1. The van der Waals surface area contributed by atoms with E-state index in [9.17, 15) is 4.79 Å². The Morgan fingerprint density at radius 1 is 1.17 bits per heavy atom. The number of imidazole rings is 1. The third-order valence-electron chi connectivity index (χ3n) is 6.29. The van der Waals surface area contributed by atoms with Crippen molar-refractivity contribution in [3.05, 3.63) is 42.5 Å². The van der Waals surface area contributed by atoms with Crippen molar-refractivity contribution >= 4 is 5.91 Å². The molecule has 2 aliphatic heterocycles. The Morgan fingerprint density at radius 3 is 2.83 bits per heavy atom. The van der Waals surface area contributed by atoms with Gasteiger partial charge in [-0.05, 0) is 31.9 Å². The summed E-state index contributed by atoms with van der Waals surface area (Å²) in [7, 11) is 3.37. The number of hydrogen-bond donors (Lipinski definition) is 0. The van der Waals surface area contributed by atoms with E-state index in [2.05, 4.69) is 16.0 Å². The molecule has 7 nitrogen and oxygen atoms in total. The standard InChI is InChI=1S/C22H30N4O3/c1-28-19-6-3-5-18(21(19)29-2)13-24-10-4-7-22(15-24)8-11-26(16-22)20(27)14-25-12-9-23-17-25/h3,5-6,9,12,17H,4,7-8,10-11,13-16H2,1-2H3/t22-/m0/s1. The molecule has 0 saturated carbocycles. The number of ether oxygens (including phenoxy) is 2.